The van der Waals surface area contributed by atoms with Gasteiger partial charge in [0.1, 0.15) is 6.61 Å². The van der Waals surface area contributed by atoms with Gasteiger partial charge in [0.25, 0.3) is 0 Å². The first-order valence-electron chi connectivity index (χ1n) is 7.49. The first-order chi connectivity index (χ1) is 11.1. The van der Waals surface area contributed by atoms with Crippen LogP contribution in [0.5, 0.6) is 0 Å². The van der Waals surface area contributed by atoms with E-state index in [0.717, 1.165) is 10.4 Å². The van der Waals surface area contributed by atoms with Crippen LogP contribution in [0.25, 0.3) is 0 Å². The number of ether oxygens (including phenoxy) is 1. The molecule has 0 saturated carbocycles. The number of aromatic nitrogens is 2. The van der Waals surface area contributed by atoms with Crippen molar-refractivity contribution < 1.29 is 14.3 Å². The first-order valence-corrected chi connectivity index (χ1v) is 8.37. The van der Waals surface area contributed by atoms with Crippen LogP contribution in [0.4, 0.5) is 0 Å². The Morgan fingerprint density at radius 1 is 1.48 bits per heavy atom. The molecular formula is C16H19N3O3S. The van der Waals surface area contributed by atoms with Crippen molar-refractivity contribution in [3.05, 3.63) is 40.3 Å². The molecular weight excluding hydrogens is 314 g/mol. The molecule has 0 N–H and O–H groups in total. The van der Waals surface area contributed by atoms with E-state index in [9.17, 15) is 9.59 Å². The lowest BCUT2D eigenvalue weighted by molar-refractivity contribution is -0.157. The summed E-state index contributed by atoms with van der Waals surface area (Å²) in [6.45, 7) is 0.282. The highest BCUT2D eigenvalue weighted by molar-refractivity contribution is 7.09. The van der Waals surface area contributed by atoms with Gasteiger partial charge in [0, 0.05) is 37.2 Å². The van der Waals surface area contributed by atoms with E-state index in [1.54, 1.807) is 34.2 Å². The molecule has 0 spiro atoms. The highest BCUT2D eigenvalue weighted by Gasteiger charge is 2.40. The van der Waals surface area contributed by atoms with E-state index in [0.29, 0.717) is 12.8 Å². The number of nitrogens with zero attached hydrogens (tertiary/aromatic N) is 3. The smallest absolute Gasteiger partial charge is 0.311 e. The molecule has 0 unspecified atom stereocenters. The van der Waals surface area contributed by atoms with E-state index in [-0.39, 0.29) is 30.4 Å². The summed E-state index contributed by atoms with van der Waals surface area (Å²) in [5, 5.41) is 6.11. The summed E-state index contributed by atoms with van der Waals surface area (Å²) in [5.74, 6) is -0.574. The quantitative estimate of drug-likeness (QED) is 0.804. The number of piperidine rings is 1. The molecule has 6 nitrogen and oxygen atoms in total. The molecule has 1 aliphatic rings. The first kappa shape index (κ1) is 15.7. The standard InChI is InChI=1S/C16H19N3O3S/c1-18-9-11(8-17-18)15-13(5-6-14(20)19(15)2)16(21)22-10-12-4-3-7-23-12/h3-4,7-9,13,15H,5-6,10H2,1-2H3/t13-,15-/m1/s1. The van der Waals surface area contributed by atoms with Crippen LogP contribution in [0.1, 0.15) is 29.3 Å². The Hall–Kier alpha value is -2.15. The summed E-state index contributed by atoms with van der Waals surface area (Å²) in [7, 11) is 3.55. The molecule has 3 heterocycles. The zero-order valence-electron chi connectivity index (χ0n) is 13.1. The zero-order chi connectivity index (χ0) is 16.4. The molecule has 1 saturated heterocycles. The zero-order valence-corrected chi connectivity index (χ0v) is 14.0. The molecule has 7 heteroatoms. The minimum atomic E-state index is -0.359. The Morgan fingerprint density at radius 3 is 2.96 bits per heavy atom. The molecule has 122 valence electrons. The van der Waals surface area contributed by atoms with Crippen LogP contribution in [0.15, 0.2) is 29.9 Å². The van der Waals surface area contributed by atoms with Gasteiger partial charge in [-0.1, -0.05) is 6.07 Å². The number of hydrogen-bond acceptors (Lipinski definition) is 5. The summed E-state index contributed by atoms with van der Waals surface area (Å²) in [6, 6.07) is 3.55. The van der Waals surface area contributed by atoms with Crippen LogP contribution in [-0.4, -0.2) is 33.6 Å². The van der Waals surface area contributed by atoms with Crippen molar-refractivity contribution in [2.75, 3.05) is 7.05 Å². The summed E-state index contributed by atoms with van der Waals surface area (Å²) in [5.41, 5.74) is 0.862. The van der Waals surface area contributed by atoms with Gasteiger partial charge >= 0.3 is 5.97 Å². The van der Waals surface area contributed by atoms with Gasteiger partial charge < -0.3 is 9.64 Å². The Bertz CT molecular complexity index is 695. The van der Waals surface area contributed by atoms with Crippen LogP contribution >= 0.6 is 11.3 Å². The highest BCUT2D eigenvalue weighted by atomic mass is 32.1. The summed E-state index contributed by atoms with van der Waals surface area (Å²) in [4.78, 5) is 27.2. The van der Waals surface area contributed by atoms with Crippen molar-refractivity contribution in [1.29, 1.82) is 0 Å². The normalized spacial score (nSPS) is 21.5. The number of likely N-dealkylation sites (tertiary alicyclic amines) is 1. The van der Waals surface area contributed by atoms with Crippen molar-refractivity contribution >= 4 is 23.2 Å². The van der Waals surface area contributed by atoms with Gasteiger partial charge in [-0.2, -0.15) is 5.10 Å². The third-order valence-corrected chi connectivity index (χ3v) is 5.02. The van der Waals surface area contributed by atoms with Gasteiger partial charge in [0.2, 0.25) is 5.91 Å². The number of esters is 1. The van der Waals surface area contributed by atoms with Gasteiger partial charge in [-0.3, -0.25) is 14.3 Å². The lowest BCUT2D eigenvalue weighted by Gasteiger charge is -2.37. The monoisotopic (exact) mass is 333 g/mol. The van der Waals surface area contributed by atoms with Crippen LogP contribution in [0.3, 0.4) is 0 Å². The Labute approximate surface area is 138 Å². The van der Waals surface area contributed by atoms with E-state index in [1.165, 1.54) is 0 Å². The number of carbonyl (C=O) groups excluding carboxylic acids is 2. The fraction of sp³-hybridized carbons (Fsp3) is 0.438. The topological polar surface area (TPSA) is 64.4 Å². The number of thiophene rings is 1. The van der Waals surface area contributed by atoms with Crippen LogP contribution in [-0.2, 0) is 28.0 Å². The van der Waals surface area contributed by atoms with Crippen molar-refractivity contribution in [3.63, 3.8) is 0 Å². The van der Waals surface area contributed by atoms with Crippen molar-refractivity contribution in [2.24, 2.45) is 13.0 Å². The molecule has 1 aliphatic heterocycles. The second-order valence-electron chi connectivity index (χ2n) is 5.73. The Morgan fingerprint density at radius 2 is 2.30 bits per heavy atom. The third-order valence-electron chi connectivity index (χ3n) is 4.17. The van der Waals surface area contributed by atoms with E-state index in [1.807, 2.05) is 30.8 Å². The van der Waals surface area contributed by atoms with Gasteiger partial charge in [-0.05, 0) is 17.9 Å². The van der Waals surface area contributed by atoms with E-state index in [4.69, 9.17) is 4.74 Å². The lowest BCUT2D eigenvalue weighted by Crippen LogP contribution is -2.43. The van der Waals surface area contributed by atoms with Crippen molar-refractivity contribution in [2.45, 2.75) is 25.5 Å². The number of carbonyl (C=O) groups is 2. The molecule has 0 aromatic carbocycles. The summed E-state index contributed by atoms with van der Waals surface area (Å²) >= 11 is 1.56. The second-order valence-corrected chi connectivity index (χ2v) is 6.76. The summed E-state index contributed by atoms with van der Waals surface area (Å²) in [6.07, 6.45) is 4.43. The van der Waals surface area contributed by atoms with Crippen molar-refractivity contribution in [1.82, 2.24) is 14.7 Å². The minimum Gasteiger partial charge on any atom is -0.460 e. The molecule has 0 radical (unpaired) electrons. The van der Waals surface area contributed by atoms with E-state index in [2.05, 4.69) is 5.10 Å². The molecule has 2 aromatic heterocycles. The lowest BCUT2D eigenvalue weighted by atomic mass is 9.86. The molecule has 1 fully saturated rings. The second kappa shape index (κ2) is 6.54. The number of aryl methyl sites for hydroxylation is 1. The fourth-order valence-electron chi connectivity index (χ4n) is 2.98. The van der Waals surface area contributed by atoms with Crippen LogP contribution < -0.4 is 0 Å². The van der Waals surface area contributed by atoms with E-state index < -0.39 is 0 Å². The van der Waals surface area contributed by atoms with Gasteiger partial charge in [-0.25, -0.2) is 0 Å². The van der Waals surface area contributed by atoms with Gasteiger partial charge in [-0.15, -0.1) is 11.3 Å². The average Bonchev–Trinajstić information content (AvgIpc) is 3.19. The van der Waals surface area contributed by atoms with Crippen molar-refractivity contribution in [3.8, 4) is 0 Å². The molecule has 1 amide bonds. The van der Waals surface area contributed by atoms with E-state index >= 15 is 0 Å². The molecule has 2 aromatic rings. The minimum absolute atomic E-state index is 0.0427. The maximum absolute atomic E-state index is 12.6. The number of rotatable bonds is 4. The highest BCUT2D eigenvalue weighted by Crippen LogP contribution is 2.36. The molecule has 23 heavy (non-hydrogen) atoms. The Balaban J connectivity index is 1.77. The SMILES string of the molecule is CN1C(=O)CC[C@@H](C(=O)OCc2cccs2)[C@H]1c1cnn(C)c1. The largest absolute Gasteiger partial charge is 0.460 e. The predicted octanol–water partition coefficient (Wildman–Crippen LogP) is 2.13. The number of hydrogen-bond donors (Lipinski definition) is 0. The van der Waals surface area contributed by atoms with Crippen LogP contribution in [0.2, 0.25) is 0 Å². The average molecular weight is 333 g/mol. The summed E-state index contributed by atoms with van der Waals surface area (Å²) < 4.78 is 7.15. The molecule has 0 aliphatic carbocycles. The molecule has 0 bridgehead atoms. The van der Waals surface area contributed by atoms with Gasteiger partial charge in [0.05, 0.1) is 18.2 Å². The number of amides is 1. The molecule has 3 rings (SSSR count). The Kier molecular flexibility index (Phi) is 4.47. The molecule has 2 atom stereocenters. The maximum Gasteiger partial charge on any atom is 0.311 e. The van der Waals surface area contributed by atoms with Crippen LogP contribution in [0, 0.1) is 5.92 Å². The predicted molar refractivity (Wildman–Crippen MR) is 85.6 cm³/mol. The fourth-order valence-corrected chi connectivity index (χ4v) is 3.59. The maximum atomic E-state index is 12.6. The third kappa shape index (κ3) is 3.29. The van der Waals surface area contributed by atoms with Gasteiger partial charge in [0.15, 0.2) is 0 Å².